The molecule has 3 heteroatoms. The molecule has 0 aliphatic heterocycles. The SMILES string of the molecule is Cc1ccccc1C(=O)N(CCO)C1CCC1. The van der Waals surface area contributed by atoms with Crippen LogP contribution in [0.2, 0.25) is 0 Å². The Kier molecular flexibility index (Phi) is 3.79. The second kappa shape index (κ2) is 5.32. The third kappa shape index (κ3) is 2.50. The van der Waals surface area contributed by atoms with Gasteiger partial charge in [0.1, 0.15) is 0 Å². The summed E-state index contributed by atoms with van der Waals surface area (Å²) in [5, 5.41) is 9.08. The molecule has 1 amide bonds. The van der Waals surface area contributed by atoms with Gasteiger partial charge in [0.2, 0.25) is 0 Å². The van der Waals surface area contributed by atoms with Gasteiger partial charge in [-0.05, 0) is 37.8 Å². The molecule has 0 aromatic heterocycles. The van der Waals surface area contributed by atoms with E-state index in [4.69, 9.17) is 5.11 Å². The van der Waals surface area contributed by atoms with Crippen molar-refractivity contribution >= 4 is 5.91 Å². The predicted molar refractivity (Wildman–Crippen MR) is 66.9 cm³/mol. The van der Waals surface area contributed by atoms with Crippen LogP contribution in [0.5, 0.6) is 0 Å². The van der Waals surface area contributed by atoms with Crippen LogP contribution in [0.15, 0.2) is 24.3 Å². The maximum Gasteiger partial charge on any atom is 0.254 e. The number of carbonyl (C=O) groups excluding carboxylic acids is 1. The molecule has 17 heavy (non-hydrogen) atoms. The topological polar surface area (TPSA) is 40.5 Å². The van der Waals surface area contributed by atoms with Crippen molar-refractivity contribution < 1.29 is 9.90 Å². The minimum Gasteiger partial charge on any atom is -0.395 e. The summed E-state index contributed by atoms with van der Waals surface area (Å²) in [4.78, 5) is 14.2. The zero-order valence-corrected chi connectivity index (χ0v) is 10.2. The Balaban J connectivity index is 2.18. The van der Waals surface area contributed by atoms with Crippen LogP contribution in [0.4, 0.5) is 0 Å². The highest BCUT2D eigenvalue weighted by Gasteiger charge is 2.29. The lowest BCUT2D eigenvalue weighted by molar-refractivity contribution is 0.0525. The van der Waals surface area contributed by atoms with Crippen molar-refractivity contribution in [3.63, 3.8) is 0 Å². The molecule has 1 fully saturated rings. The van der Waals surface area contributed by atoms with Crippen molar-refractivity contribution in [1.82, 2.24) is 4.90 Å². The van der Waals surface area contributed by atoms with Crippen molar-refractivity contribution in [2.24, 2.45) is 0 Å². The molecule has 1 aliphatic rings. The molecular weight excluding hydrogens is 214 g/mol. The van der Waals surface area contributed by atoms with E-state index < -0.39 is 0 Å². The fourth-order valence-corrected chi connectivity index (χ4v) is 2.22. The Morgan fingerprint density at radius 2 is 2.12 bits per heavy atom. The molecule has 1 aromatic carbocycles. The summed E-state index contributed by atoms with van der Waals surface area (Å²) in [6, 6.07) is 7.96. The number of nitrogens with zero attached hydrogens (tertiary/aromatic N) is 1. The van der Waals surface area contributed by atoms with Gasteiger partial charge in [-0.25, -0.2) is 0 Å². The quantitative estimate of drug-likeness (QED) is 0.864. The van der Waals surface area contributed by atoms with Gasteiger partial charge < -0.3 is 10.0 Å². The van der Waals surface area contributed by atoms with Gasteiger partial charge in [0.25, 0.3) is 5.91 Å². The van der Waals surface area contributed by atoms with E-state index in [9.17, 15) is 4.79 Å². The molecule has 0 atom stereocenters. The molecule has 0 spiro atoms. The van der Waals surface area contributed by atoms with Crippen LogP contribution < -0.4 is 0 Å². The van der Waals surface area contributed by atoms with Gasteiger partial charge in [0.05, 0.1) is 6.61 Å². The van der Waals surface area contributed by atoms with Gasteiger partial charge in [-0.3, -0.25) is 4.79 Å². The number of aliphatic hydroxyl groups is 1. The second-order valence-electron chi connectivity index (χ2n) is 4.62. The zero-order valence-electron chi connectivity index (χ0n) is 10.2. The lowest BCUT2D eigenvalue weighted by Crippen LogP contribution is -2.45. The first kappa shape index (κ1) is 12.1. The number of hydrogen-bond acceptors (Lipinski definition) is 2. The Labute approximate surface area is 102 Å². The number of aryl methyl sites for hydroxylation is 1. The molecule has 3 nitrogen and oxygen atoms in total. The summed E-state index contributed by atoms with van der Waals surface area (Å²) in [6.45, 7) is 2.43. The van der Waals surface area contributed by atoms with E-state index >= 15 is 0 Å². The predicted octanol–water partition coefficient (Wildman–Crippen LogP) is 1.98. The summed E-state index contributed by atoms with van der Waals surface area (Å²) in [5.41, 5.74) is 1.76. The monoisotopic (exact) mass is 233 g/mol. The van der Waals surface area contributed by atoms with E-state index in [1.54, 1.807) is 0 Å². The first-order chi connectivity index (χ1) is 8.24. The molecule has 0 heterocycles. The van der Waals surface area contributed by atoms with Crippen LogP contribution in [-0.2, 0) is 0 Å². The average Bonchev–Trinajstić information content (AvgIpc) is 2.26. The number of benzene rings is 1. The van der Waals surface area contributed by atoms with E-state index in [0.717, 1.165) is 24.0 Å². The van der Waals surface area contributed by atoms with Gasteiger partial charge >= 0.3 is 0 Å². The highest BCUT2D eigenvalue weighted by atomic mass is 16.3. The number of aliphatic hydroxyl groups excluding tert-OH is 1. The maximum atomic E-state index is 12.4. The van der Waals surface area contributed by atoms with E-state index in [0.29, 0.717) is 12.6 Å². The number of amides is 1. The first-order valence-electron chi connectivity index (χ1n) is 6.21. The highest BCUT2D eigenvalue weighted by Crippen LogP contribution is 2.26. The molecule has 1 aromatic rings. The molecule has 0 bridgehead atoms. The summed E-state index contributed by atoms with van der Waals surface area (Å²) < 4.78 is 0. The molecule has 0 unspecified atom stereocenters. The Morgan fingerprint density at radius 3 is 2.65 bits per heavy atom. The number of hydrogen-bond donors (Lipinski definition) is 1. The first-order valence-corrected chi connectivity index (χ1v) is 6.21. The van der Waals surface area contributed by atoms with E-state index in [1.807, 2.05) is 36.1 Å². The molecule has 92 valence electrons. The Morgan fingerprint density at radius 1 is 1.41 bits per heavy atom. The van der Waals surface area contributed by atoms with Crippen LogP contribution in [0, 0.1) is 6.92 Å². The standard InChI is InChI=1S/C14H19NO2/c1-11-5-2-3-8-13(11)14(17)15(9-10-16)12-6-4-7-12/h2-3,5,8,12,16H,4,6-7,9-10H2,1H3. The Hall–Kier alpha value is -1.35. The van der Waals surface area contributed by atoms with Gasteiger partial charge in [-0.1, -0.05) is 18.2 Å². The normalized spacial score (nSPS) is 15.4. The lowest BCUT2D eigenvalue weighted by atomic mass is 9.90. The average molecular weight is 233 g/mol. The van der Waals surface area contributed by atoms with Crippen LogP contribution in [0.25, 0.3) is 0 Å². The molecule has 0 radical (unpaired) electrons. The summed E-state index contributed by atoms with van der Waals surface area (Å²) in [6.07, 6.45) is 3.32. The van der Waals surface area contributed by atoms with Crippen LogP contribution >= 0.6 is 0 Å². The minimum absolute atomic E-state index is 0.0358. The molecule has 2 rings (SSSR count). The summed E-state index contributed by atoms with van der Waals surface area (Å²) in [5.74, 6) is 0.0573. The van der Waals surface area contributed by atoms with Gasteiger partial charge in [0, 0.05) is 18.2 Å². The smallest absolute Gasteiger partial charge is 0.254 e. The third-order valence-corrected chi connectivity index (χ3v) is 3.49. The maximum absolute atomic E-state index is 12.4. The summed E-state index contributed by atoms with van der Waals surface area (Å²) in [7, 11) is 0. The van der Waals surface area contributed by atoms with Crippen LogP contribution in [0.3, 0.4) is 0 Å². The molecule has 1 N–H and O–H groups in total. The van der Waals surface area contributed by atoms with Gasteiger partial charge in [-0.15, -0.1) is 0 Å². The van der Waals surface area contributed by atoms with Gasteiger partial charge in [0.15, 0.2) is 0 Å². The van der Waals surface area contributed by atoms with E-state index in [2.05, 4.69) is 0 Å². The van der Waals surface area contributed by atoms with Gasteiger partial charge in [-0.2, -0.15) is 0 Å². The van der Waals surface area contributed by atoms with Crippen molar-refractivity contribution in [3.8, 4) is 0 Å². The fraction of sp³-hybridized carbons (Fsp3) is 0.500. The largest absolute Gasteiger partial charge is 0.395 e. The van der Waals surface area contributed by atoms with Crippen molar-refractivity contribution in [3.05, 3.63) is 35.4 Å². The highest BCUT2D eigenvalue weighted by molar-refractivity contribution is 5.95. The van der Waals surface area contributed by atoms with Crippen LogP contribution in [-0.4, -0.2) is 35.1 Å². The van der Waals surface area contributed by atoms with Crippen molar-refractivity contribution in [1.29, 1.82) is 0 Å². The molecular formula is C14H19NO2. The third-order valence-electron chi connectivity index (χ3n) is 3.49. The number of carbonyl (C=O) groups is 1. The Bertz CT molecular complexity index is 399. The summed E-state index contributed by atoms with van der Waals surface area (Å²) >= 11 is 0. The zero-order chi connectivity index (χ0) is 12.3. The van der Waals surface area contributed by atoms with Crippen molar-refractivity contribution in [2.45, 2.75) is 32.2 Å². The lowest BCUT2D eigenvalue weighted by Gasteiger charge is -2.37. The number of rotatable bonds is 4. The fourth-order valence-electron chi connectivity index (χ4n) is 2.22. The second-order valence-corrected chi connectivity index (χ2v) is 4.62. The van der Waals surface area contributed by atoms with E-state index in [-0.39, 0.29) is 12.5 Å². The molecule has 0 saturated heterocycles. The molecule has 1 aliphatic carbocycles. The molecule has 1 saturated carbocycles. The van der Waals surface area contributed by atoms with E-state index in [1.165, 1.54) is 6.42 Å². The van der Waals surface area contributed by atoms with Crippen molar-refractivity contribution in [2.75, 3.05) is 13.2 Å². The van der Waals surface area contributed by atoms with Crippen LogP contribution in [0.1, 0.15) is 35.2 Å². The minimum atomic E-state index is 0.0358.